The summed E-state index contributed by atoms with van der Waals surface area (Å²) in [6.07, 6.45) is 8.10. The Balaban J connectivity index is 2.06. The van der Waals surface area contributed by atoms with Gasteiger partial charge in [0.15, 0.2) is 0 Å². The van der Waals surface area contributed by atoms with E-state index in [9.17, 15) is 0 Å². The highest BCUT2D eigenvalue weighted by atomic mass is 16.5. The Morgan fingerprint density at radius 1 is 1.29 bits per heavy atom. The van der Waals surface area contributed by atoms with Gasteiger partial charge in [0.2, 0.25) is 5.88 Å². The van der Waals surface area contributed by atoms with Crippen molar-refractivity contribution < 1.29 is 4.74 Å². The van der Waals surface area contributed by atoms with Crippen LogP contribution in [-0.4, -0.2) is 22.6 Å². The highest BCUT2D eigenvalue weighted by Gasteiger charge is 2.17. The van der Waals surface area contributed by atoms with Crippen molar-refractivity contribution in [3.63, 3.8) is 0 Å². The van der Waals surface area contributed by atoms with Crippen molar-refractivity contribution >= 4 is 5.82 Å². The predicted molar refractivity (Wildman–Crippen MR) is 68.4 cm³/mol. The van der Waals surface area contributed by atoms with E-state index >= 15 is 0 Å². The summed E-state index contributed by atoms with van der Waals surface area (Å²) in [6.45, 7) is 4.93. The Morgan fingerprint density at radius 3 is 2.76 bits per heavy atom. The third kappa shape index (κ3) is 3.08. The second-order valence-electron chi connectivity index (χ2n) is 4.56. The molecule has 0 spiro atoms. The van der Waals surface area contributed by atoms with Gasteiger partial charge in [-0.1, -0.05) is 6.42 Å². The van der Waals surface area contributed by atoms with Crippen LogP contribution in [0.15, 0.2) is 6.33 Å². The maximum atomic E-state index is 5.98. The molecule has 0 amide bonds. The molecular weight excluding hydrogens is 214 g/mol. The van der Waals surface area contributed by atoms with Crippen molar-refractivity contribution in [3.8, 4) is 5.88 Å². The first-order chi connectivity index (χ1) is 8.31. The summed E-state index contributed by atoms with van der Waals surface area (Å²) in [4.78, 5) is 8.46. The molecule has 1 aromatic rings. The molecule has 0 unspecified atom stereocenters. The molecule has 0 saturated heterocycles. The Labute approximate surface area is 103 Å². The predicted octanol–water partition coefficient (Wildman–Crippen LogP) is 2.93. The summed E-state index contributed by atoms with van der Waals surface area (Å²) in [6, 6.07) is 0. The Hall–Kier alpha value is -1.32. The number of hydrogen-bond donors (Lipinski definition) is 1. The molecule has 1 aromatic heterocycles. The lowest BCUT2D eigenvalue weighted by atomic mass is 9.98. The monoisotopic (exact) mass is 235 g/mol. The second kappa shape index (κ2) is 5.84. The molecule has 1 N–H and O–H groups in total. The summed E-state index contributed by atoms with van der Waals surface area (Å²) in [7, 11) is 0. The normalized spacial score (nSPS) is 16.8. The van der Waals surface area contributed by atoms with Crippen LogP contribution in [-0.2, 0) is 0 Å². The molecule has 4 heteroatoms. The van der Waals surface area contributed by atoms with Crippen molar-refractivity contribution in [2.75, 3.05) is 11.9 Å². The molecule has 1 fully saturated rings. The summed E-state index contributed by atoms with van der Waals surface area (Å²) in [5, 5.41) is 3.22. The SMILES string of the molecule is CCNc1ncnc(OC2CCCCC2)c1C. The Bertz CT molecular complexity index is 362. The maximum absolute atomic E-state index is 5.98. The molecule has 1 heterocycles. The lowest BCUT2D eigenvalue weighted by Crippen LogP contribution is -2.21. The average Bonchev–Trinajstić information content (AvgIpc) is 2.36. The third-order valence-corrected chi connectivity index (χ3v) is 3.21. The Kier molecular flexibility index (Phi) is 4.18. The van der Waals surface area contributed by atoms with Gasteiger partial charge in [-0.25, -0.2) is 9.97 Å². The van der Waals surface area contributed by atoms with Crippen LogP contribution < -0.4 is 10.1 Å². The number of anilines is 1. The van der Waals surface area contributed by atoms with Gasteiger partial charge in [-0.3, -0.25) is 0 Å². The van der Waals surface area contributed by atoms with E-state index in [4.69, 9.17) is 4.74 Å². The van der Waals surface area contributed by atoms with Crippen LogP contribution in [0.4, 0.5) is 5.82 Å². The summed E-state index contributed by atoms with van der Waals surface area (Å²) >= 11 is 0. The molecular formula is C13H21N3O. The fourth-order valence-corrected chi connectivity index (χ4v) is 2.24. The van der Waals surface area contributed by atoms with E-state index in [0.29, 0.717) is 6.10 Å². The number of nitrogens with zero attached hydrogens (tertiary/aromatic N) is 2. The number of ether oxygens (including phenoxy) is 1. The molecule has 0 aromatic carbocycles. The van der Waals surface area contributed by atoms with Gasteiger partial charge in [0.1, 0.15) is 18.2 Å². The van der Waals surface area contributed by atoms with Gasteiger partial charge >= 0.3 is 0 Å². The minimum atomic E-state index is 0.340. The minimum Gasteiger partial charge on any atom is -0.474 e. The van der Waals surface area contributed by atoms with Gasteiger partial charge in [0, 0.05) is 6.54 Å². The maximum Gasteiger partial charge on any atom is 0.221 e. The van der Waals surface area contributed by atoms with Crippen LogP contribution in [0.3, 0.4) is 0 Å². The van der Waals surface area contributed by atoms with E-state index in [2.05, 4.69) is 22.2 Å². The van der Waals surface area contributed by atoms with Gasteiger partial charge in [-0.2, -0.15) is 0 Å². The highest BCUT2D eigenvalue weighted by molar-refractivity contribution is 5.47. The number of rotatable bonds is 4. The van der Waals surface area contributed by atoms with Crippen molar-refractivity contribution in [2.45, 2.75) is 52.1 Å². The molecule has 0 radical (unpaired) electrons. The van der Waals surface area contributed by atoms with Crippen molar-refractivity contribution in [1.29, 1.82) is 0 Å². The summed E-state index contributed by atoms with van der Waals surface area (Å²) in [5.74, 6) is 1.62. The van der Waals surface area contributed by atoms with E-state index in [1.165, 1.54) is 19.3 Å². The van der Waals surface area contributed by atoms with Crippen LogP contribution in [0.1, 0.15) is 44.6 Å². The van der Waals surface area contributed by atoms with Gasteiger partial charge < -0.3 is 10.1 Å². The molecule has 17 heavy (non-hydrogen) atoms. The third-order valence-electron chi connectivity index (χ3n) is 3.21. The zero-order chi connectivity index (χ0) is 12.1. The topological polar surface area (TPSA) is 47.0 Å². The van der Waals surface area contributed by atoms with Crippen molar-refractivity contribution in [2.24, 2.45) is 0 Å². The molecule has 4 nitrogen and oxygen atoms in total. The van der Waals surface area contributed by atoms with E-state index in [-0.39, 0.29) is 0 Å². The largest absolute Gasteiger partial charge is 0.474 e. The molecule has 0 atom stereocenters. The average molecular weight is 235 g/mol. The zero-order valence-corrected chi connectivity index (χ0v) is 10.7. The molecule has 1 aliphatic rings. The van der Waals surface area contributed by atoms with E-state index in [1.54, 1.807) is 6.33 Å². The molecule has 1 saturated carbocycles. The van der Waals surface area contributed by atoms with Crippen LogP contribution in [0.25, 0.3) is 0 Å². The molecule has 0 bridgehead atoms. The second-order valence-corrected chi connectivity index (χ2v) is 4.56. The Morgan fingerprint density at radius 2 is 2.06 bits per heavy atom. The summed E-state index contributed by atoms with van der Waals surface area (Å²) < 4.78 is 5.98. The first-order valence-corrected chi connectivity index (χ1v) is 6.53. The van der Waals surface area contributed by atoms with Crippen molar-refractivity contribution in [3.05, 3.63) is 11.9 Å². The first-order valence-electron chi connectivity index (χ1n) is 6.53. The van der Waals surface area contributed by atoms with Gasteiger partial charge in [0.25, 0.3) is 0 Å². The van der Waals surface area contributed by atoms with E-state index < -0.39 is 0 Å². The van der Waals surface area contributed by atoms with Crippen molar-refractivity contribution in [1.82, 2.24) is 9.97 Å². The van der Waals surface area contributed by atoms with Crippen LogP contribution in [0.5, 0.6) is 5.88 Å². The van der Waals surface area contributed by atoms with E-state index in [0.717, 1.165) is 36.6 Å². The fraction of sp³-hybridized carbons (Fsp3) is 0.692. The van der Waals surface area contributed by atoms with E-state index in [1.807, 2.05) is 6.92 Å². The molecule has 94 valence electrons. The zero-order valence-electron chi connectivity index (χ0n) is 10.7. The smallest absolute Gasteiger partial charge is 0.221 e. The van der Waals surface area contributed by atoms with Crippen LogP contribution in [0, 0.1) is 6.92 Å². The van der Waals surface area contributed by atoms with Crippen LogP contribution >= 0.6 is 0 Å². The lowest BCUT2D eigenvalue weighted by Gasteiger charge is -2.23. The number of hydrogen-bond acceptors (Lipinski definition) is 4. The lowest BCUT2D eigenvalue weighted by molar-refractivity contribution is 0.147. The van der Waals surface area contributed by atoms with Gasteiger partial charge in [-0.05, 0) is 39.5 Å². The fourth-order valence-electron chi connectivity index (χ4n) is 2.24. The minimum absolute atomic E-state index is 0.340. The first kappa shape index (κ1) is 12.1. The summed E-state index contributed by atoms with van der Waals surface area (Å²) in [5.41, 5.74) is 1.01. The molecule has 2 rings (SSSR count). The standard InChI is InChI=1S/C13H21N3O/c1-3-14-12-10(2)13(16-9-15-12)17-11-7-5-4-6-8-11/h9,11H,3-8H2,1-2H3,(H,14,15,16). The van der Waals surface area contributed by atoms with Gasteiger partial charge in [-0.15, -0.1) is 0 Å². The quantitative estimate of drug-likeness (QED) is 0.871. The molecule has 1 aliphatic carbocycles. The van der Waals surface area contributed by atoms with Gasteiger partial charge in [0.05, 0.1) is 5.56 Å². The number of nitrogens with one attached hydrogen (secondary N) is 1. The number of aromatic nitrogens is 2. The van der Waals surface area contributed by atoms with Crippen LogP contribution in [0.2, 0.25) is 0 Å². The molecule has 0 aliphatic heterocycles. The highest BCUT2D eigenvalue weighted by Crippen LogP contribution is 2.26.